The molecular weight excluding hydrogens is 266 g/mol. The van der Waals surface area contributed by atoms with E-state index in [4.69, 9.17) is 10.5 Å². The summed E-state index contributed by atoms with van der Waals surface area (Å²) in [6, 6.07) is 7.49. The molecule has 0 aliphatic carbocycles. The summed E-state index contributed by atoms with van der Waals surface area (Å²) in [4.78, 5) is 16.8. The number of Topliss-reactive ketones (excluding diaryl/α,β-unsaturated/α-hetero) is 1. The Balaban J connectivity index is 2.10. The second-order valence-electron chi connectivity index (χ2n) is 5.15. The van der Waals surface area contributed by atoms with Crippen molar-refractivity contribution in [3.05, 3.63) is 30.1 Å². The van der Waals surface area contributed by atoms with Crippen LogP contribution in [-0.2, 0) is 22.5 Å². The Hall–Kier alpha value is -1.72. The van der Waals surface area contributed by atoms with Crippen LogP contribution in [0.4, 0.5) is 0 Å². The lowest BCUT2D eigenvalue weighted by Gasteiger charge is -2.11. The molecule has 1 aromatic carbocycles. The third-order valence-electron chi connectivity index (χ3n) is 3.66. The van der Waals surface area contributed by atoms with Gasteiger partial charge in [0.1, 0.15) is 5.82 Å². The number of fused-ring (bicyclic) bond motifs is 1. The maximum atomic E-state index is 12.2. The summed E-state index contributed by atoms with van der Waals surface area (Å²) in [5.41, 5.74) is 7.94. The van der Waals surface area contributed by atoms with Crippen molar-refractivity contribution in [1.82, 2.24) is 9.55 Å². The monoisotopic (exact) mass is 289 g/mol. The van der Waals surface area contributed by atoms with Crippen LogP contribution in [-0.4, -0.2) is 35.1 Å². The molecule has 0 saturated heterocycles. The second kappa shape index (κ2) is 7.33. The van der Waals surface area contributed by atoms with Gasteiger partial charge in [-0.3, -0.25) is 4.79 Å². The molecule has 0 bridgehead atoms. The number of aryl methyl sites for hydroxylation is 1. The number of ketones is 1. The summed E-state index contributed by atoms with van der Waals surface area (Å²) in [6.07, 6.45) is 1.74. The summed E-state index contributed by atoms with van der Waals surface area (Å²) < 4.78 is 7.06. The Kier molecular flexibility index (Phi) is 5.47. The number of nitrogens with two attached hydrogens (primary N) is 1. The fraction of sp³-hybridized carbons (Fsp3) is 0.500. The summed E-state index contributed by atoms with van der Waals surface area (Å²) in [5.74, 6) is 0.835. The standard InChI is InChI=1S/C16H23N3O2/c1-3-19-14-9-5-4-8-13(14)18-16(19)11-15(20)12(17)7-6-10-21-2/h4-5,8-9,12H,3,6-7,10-11,17H2,1-2H3. The van der Waals surface area contributed by atoms with Crippen molar-refractivity contribution in [3.8, 4) is 0 Å². The van der Waals surface area contributed by atoms with Crippen molar-refractivity contribution in [2.24, 2.45) is 5.73 Å². The van der Waals surface area contributed by atoms with Crippen LogP contribution in [0.5, 0.6) is 0 Å². The minimum atomic E-state index is -0.440. The number of carbonyl (C=O) groups is 1. The number of imidazole rings is 1. The van der Waals surface area contributed by atoms with Crippen LogP contribution < -0.4 is 5.73 Å². The smallest absolute Gasteiger partial charge is 0.157 e. The van der Waals surface area contributed by atoms with Gasteiger partial charge in [0.2, 0.25) is 0 Å². The second-order valence-corrected chi connectivity index (χ2v) is 5.15. The van der Waals surface area contributed by atoms with Crippen LogP contribution in [0.2, 0.25) is 0 Å². The third kappa shape index (κ3) is 3.68. The van der Waals surface area contributed by atoms with E-state index in [1.165, 1.54) is 0 Å². The Bertz CT molecular complexity index is 607. The molecule has 0 amide bonds. The molecule has 0 aliphatic heterocycles. The molecule has 5 heteroatoms. The Morgan fingerprint density at radius 3 is 2.90 bits per heavy atom. The van der Waals surface area contributed by atoms with E-state index in [0.29, 0.717) is 13.0 Å². The van der Waals surface area contributed by atoms with E-state index >= 15 is 0 Å². The first-order valence-electron chi connectivity index (χ1n) is 7.38. The van der Waals surface area contributed by atoms with Crippen molar-refractivity contribution in [3.63, 3.8) is 0 Å². The number of aromatic nitrogens is 2. The summed E-state index contributed by atoms with van der Waals surface area (Å²) >= 11 is 0. The summed E-state index contributed by atoms with van der Waals surface area (Å²) in [7, 11) is 1.65. The minimum Gasteiger partial charge on any atom is -0.385 e. The zero-order chi connectivity index (χ0) is 15.2. The van der Waals surface area contributed by atoms with Gasteiger partial charge in [0.15, 0.2) is 5.78 Å². The van der Waals surface area contributed by atoms with E-state index in [1.54, 1.807) is 7.11 Å². The molecule has 1 aromatic heterocycles. The summed E-state index contributed by atoms with van der Waals surface area (Å²) in [6.45, 7) is 3.48. The van der Waals surface area contributed by atoms with Crippen molar-refractivity contribution < 1.29 is 9.53 Å². The van der Waals surface area contributed by atoms with Crippen LogP contribution in [0.25, 0.3) is 11.0 Å². The quantitative estimate of drug-likeness (QED) is 0.754. The fourth-order valence-corrected chi connectivity index (χ4v) is 2.51. The zero-order valence-electron chi connectivity index (χ0n) is 12.7. The predicted octanol–water partition coefficient (Wildman–Crippen LogP) is 1.92. The lowest BCUT2D eigenvalue weighted by atomic mass is 10.1. The highest BCUT2D eigenvalue weighted by molar-refractivity contribution is 5.86. The number of hydrogen-bond acceptors (Lipinski definition) is 4. The Labute approximate surface area is 125 Å². The Morgan fingerprint density at radius 2 is 2.19 bits per heavy atom. The van der Waals surface area contributed by atoms with Gasteiger partial charge in [0, 0.05) is 20.3 Å². The molecule has 2 aromatic rings. The van der Waals surface area contributed by atoms with E-state index in [0.717, 1.165) is 29.8 Å². The molecule has 0 aliphatic rings. The van der Waals surface area contributed by atoms with Crippen LogP contribution in [0.1, 0.15) is 25.6 Å². The average molecular weight is 289 g/mol. The maximum Gasteiger partial charge on any atom is 0.157 e. The van der Waals surface area contributed by atoms with Crippen LogP contribution in [0.15, 0.2) is 24.3 Å². The fourth-order valence-electron chi connectivity index (χ4n) is 2.51. The topological polar surface area (TPSA) is 70.1 Å². The number of rotatable bonds is 8. The average Bonchev–Trinajstić information content (AvgIpc) is 2.84. The molecule has 21 heavy (non-hydrogen) atoms. The van der Waals surface area contributed by atoms with Gasteiger partial charge < -0.3 is 15.0 Å². The number of carbonyl (C=O) groups excluding carboxylic acids is 1. The predicted molar refractivity (Wildman–Crippen MR) is 83.2 cm³/mol. The lowest BCUT2D eigenvalue weighted by Crippen LogP contribution is -2.32. The van der Waals surface area contributed by atoms with E-state index in [9.17, 15) is 4.79 Å². The highest BCUT2D eigenvalue weighted by atomic mass is 16.5. The van der Waals surface area contributed by atoms with E-state index in [-0.39, 0.29) is 12.2 Å². The van der Waals surface area contributed by atoms with Gasteiger partial charge >= 0.3 is 0 Å². The van der Waals surface area contributed by atoms with Crippen LogP contribution in [0, 0.1) is 0 Å². The number of benzene rings is 1. The molecule has 0 saturated carbocycles. The SMILES string of the molecule is CCn1c(CC(=O)C(N)CCCOC)nc2ccccc21. The molecular formula is C16H23N3O2. The van der Waals surface area contributed by atoms with E-state index in [1.807, 2.05) is 24.3 Å². The summed E-state index contributed by atoms with van der Waals surface area (Å²) in [5, 5.41) is 0. The number of nitrogens with zero attached hydrogens (tertiary/aromatic N) is 2. The first-order chi connectivity index (χ1) is 10.2. The highest BCUT2D eigenvalue weighted by Crippen LogP contribution is 2.16. The normalized spacial score (nSPS) is 12.7. The molecule has 114 valence electrons. The minimum absolute atomic E-state index is 0.0381. The molecule has 2 N–H and O–H groups in total. The number of hydrogen-bond donors (Lipinski definition) is 1. The molecule has 2 rings (SSSR count). The van der Waals surface area contributed by atoms with Gasteiger partial charge in [-0.05, 0) is 31.9 Å². The molecule has 0 fully saturated rings. The Morgan fingerprint density at radius 1 is 1.43 bits per heavy atom. The van der Waals surface area contributed by atoms with Crippen LogP contribution in [0.3, 0.4) is 0 Å². The molecule has 5 nitrogen and oxygen atoms in total. The van der Waals surface area contributed by atoms with Gasteiger partial charge in [-0.15, -0.1) is 0 Å². The molecule has 0 radical (unpaired) electrons. The maximum absolute atomic E-state index is 12.2. The zero-order valence-corrected chi connectivity index (χ0v) is 12.7. The third-order valence-corrected chi connectivity index (χ3v) is 3.66. The van der Waals surface area contributed by atoms with Crippen molar-refractivity contribution in [2.45, 2.75) is 38.8 Å². The highest BCUT2D eigenvalue weighted by Gasteiger charge is 2.18. The van der Waals surface area contributed by atoms with Gasteiger partial charge in [-0.2, -0.15) is 0 Å². The van der Waals surface area contributed by atoms with Gasteiger partial charge in [-0.25, -0.2) is 4.98 Å². The van der Waals surface area contributed by atoms with Crippen molar-refractivity contribution in [2.75, 3.05) is 13.7 Å². The van der Waals surface area contributed by atoms with Gasteiger partial charge in [0.25, 0.3) is 0 Å². The molecule has 0 spiro atoms. The van der Waals surface area contributed by atoms with Crippen LogP contribution >= 0.6 is 0 Å². The molecule has 1 unspecified atom stereocenters. The first-order valence-corrected chi connectivity index (χ1v) is 7.38. The lowest BCUT2D eigenvalue weighted by molar-refractivity contribution is -0.120. The van der Waals surface area contributed by atoms with Gasteiger partial charge in [0.05, 0.1) is 23.5 Å². The number of methoxy groups -OCH3 is 1. The number of para-hydroxylation sites is 2. The van der Waals surface area contributed by atoms with E-state index in [2.05, 4.69) is 16.5 Å². The first kappa shape index (κ1) is 15.7. The van der Waals surface area contributed by atoms with Crippen molar-refractivity contribution >= 4 is 16.8 Å². The molecule has 1 atom stereocenters. The number of ether oxygens (including phenoxy) is 1. The van der Waals surface area contributed by atoms with E-state index < -0.39 is 6.04 Å². The largest absolute Gasteiger partial charge is 0.385 e. The van der Waals surface area contributed by atoms with Gasteiger partial charge in [-0.1, -0.05) is 12.1 Å². The molecule has 1 heterocycles. The van der Waals surface area contributed by atoms with Crippen molar-refractivity contribution in [1.29, 1.82) is 0 Å².